The lowest BCUT2D eigenvalue weighted by Crippen LogP contribution is -2.36. The topological polar surface area (TPSA) is 29.1 Å². The number of halogens is 1. The highest BCUT2D eigenvalue weighted by atomic mass is 35.5. The van der Waals surface area contributed by atoms with Crippen LogP contribution in [-0.2, 0) is 4.79 Å². The van der Waals surface area contributed by atoms with Crippen LogP contribution in [0.15, 0.2) is 59.5 Å². The highest BCUT2D eigenvalue weighted by Gasteiger charge is 2.22. The van der Waals surface area contributed by atoms with Crippen molar-refractivity contribution in [1.29, 1.82) is 0 Å². The molecule has 134 valence electrons. The summed E-state index contributed by atoms with van der Waals surface area (Å²) in [5, 5.41) is 3.86. The summed E-state index contributed by atoms with van der Waals surface area (Å²) in [6, 6.07) is 17.9. The molecule has 0 aliphatic heterocycles. The molecule has 0 heterocycles. The van der Waals surface area contributed by atoms with Crippen molar-refractivity contribution in [3.8, 4) is 0 Å². The van der Waals surface area contributed by atoms with E-state index in [0.29, 0.717) is 10.9 Å². The number of carbonyl (C=O) groups is 1. The quantitative estimate of drug-likeness (QED) is 0.563. The van der Waals surface area contributed by atoms with Crippen molar-refractivity contribution in [2.45, 2.75) is 49.8 Å². The Balaban J connectivity index is 2.08. The van der Waals surface area contributed by atoms with Crippen molar-refractivity contribution in [3.05, 3.63) is 65.2 Å². The van der Waals surface area contributed by atoms with E-state index in [1.165, 1.54) is 0 Å². The minimum atomic E-state index is -0.112. The van der Waals surface area contributed by atoms with Crippen LogP contribution in [0.1, 0.15) is 45.2 Å². The SMILES string of the molecule is CC[C@H](Sc1ccc(Cl)cc1)C(=O)N[C@H](CC(C)C)c1ccccc1. The fraction of sp³-hybridized carbons (Fsp3) is 0.381. The van der Waals surface area contributed by atoms with Gasteiger partial charge >= 0.3 is 0 Å². The van der Waals surface area contributed by atoms with Gasteiger partial charge in [-0.3, -0.25) is 4.79 Å². The van der Waals surface area contributed by atoms with Gasteiger partial charge in [0.15, 0.2) is 0 Å². The van der Waals surface area contributed by atoms with Crippen LogP contribution in [-0.4, -0.2) is 11.2 Å². The molecule has 0 aliphatic carbocycles. The van der Waals surface area contributed by atoms with Crippen molar-refractivity contribution < 1.29 is 4.79 Å². The van der Waals surface area contributed by atoms with E-state index in [-0.39, 0.29) is 17.2 Å². The molecule has 0 fully saturated rings. The van der Waals surface area contributed by atoms with E-state index in [4.69, 9.17) is 11.6 Å². The molecular weight excluding hydrogens is 350 g/mol. The normalized spacial score (nSPS) is 13.5. The highest BCUT2D eigenvalue weighted by molar-refractivity contribution is 8.00. The Hall–Kier alpha value is -1.45. The second-order valence-corrected chi connectivity index (χ2v) is 8.28. The first-order valence-corrected chi connectivity index (χ1v) is 10.0. The van der Waals surface area contributed by atoms with Gasteiger partial charge < -0.3 is 5.32 Å². The molecule has 2 aromatic carbocycles. The average Bonchev–Trinajstić information content (AvgIpc) is 2.61. The third-order valence-electron chi connectivity index (χ3n) is 3.98. The summed E-state index contributed by atoms with van der Waals surface area (Å²) in [6.45, 7) is 6.41. The van der Waals surface area contributed by atoms with Gasteiger partial charge in [0, 0.05) is 9.92 Å². The van der Waals surface area contributed by atoms with Crippen LogP contribution in [0.5, 0.6) is 0 Å². The van der Waals surface area contributed by atoms with Crippen LogP contribution in [0.4, 0.5) is 0 Å². The molecule has 0 aliphatic rings. The third kappa shape index (κ3) is 6.41. The van der Waals surface area contributed by atoms with Crippen LogP contribution >= 0.6 is 23.4 Å². The van der Waals surface area contributed by atoms with E-state index in [9.17, 15) is 4.79 Å². The number of hydrogen-bond acceptors (Lipinski definition) is 2. The zero-order chi connectivity index (χ0) is 18.2. The minimum absolute atomic E-state index is 0.0496. The second-order valence-electron chi connectivity index (χ2n) is 6.57. The zero-order valence-corrected chi connectivity index (χ0v) is 16.6. The predicted molar refractivity (Wildman–Crippen MR) is 108 cm³/mol. The molecule has 0 unspecified atom stereocenters. The second kappa shape index (κ2) is 9.88. The Labute approximate surface area is 160 Å². The van der Waals surface area contributed by atoms with E-state index in [1.54, 1.807) is 11.8 Å². The Morgan fingerprint density at radius 1 is 1.08 bits per heavy atom. The first-order chi connectivity index (χ1) is 12.0. The Morgan fingerprint density at radius 3 is 2.28 bits per heavy atom. The number of benzene rings is 2. The predicted octanol–water partition coefficient (Wildman–Crippen LogP) is 6.11. The number of rotatable bonds is 8. The largest absolute Gasteiger partial charge is 0.348 e. The number of nitrogens with one attached hydrogen (secondary N) is 1. The summed E-state index contributed by atoms with van der Waals surface area (Å²) in [6.07, 6.45) is 1.71. The molecule has 0 spiro atoms. The molecule has 0 radical (unpaired) electrons. The summed E-state index contributed by atoms with van der Waals surface area (Å²) in [5.41, 5.74) is 1.16. The zero-order valence-electron chi connectivity index (χ0n) is 15.0. The molecule has 0 saturated heterocycles. The molecule has 1 amide bonds. The third-order valence-corrected chi connectivity index (χ3v) is 5.61. The molecule has 4 heteroatoms. The summed E-state index contributed by atoms with van der Waals surface area (Å²) in [7, 11) is 0. The molecule has 2 aromatic rings. The maximum absolute atomic E-state index is 12.9. The smallest absolute Gasteiger partial charge is 0.233 e. The summed E-state index contributed by atoms with van der Waals surface area (Å²) in [4.78, 5) is 13.9. The van der Waals surface area contributed by atoms with Gasteiger partial charge in [0.2, 0.25) is 5.91 Å². The van der Waals surface area contributed by atoms with Crippen LogP contribution in [0.2, 0.25) is 5.02 Å². The minimum Gasteiger partial charge on any atom is -0.348 e. The number of thioether (sulfide) groups is 1. The molecule has 25 heavy (non-hydrogen) atoms. The van der Waals surface area contributed by atoms with Gasteiger partial charge in [-0.2, -0.15) is 0 Å². The first kappa shape index (κ1) is 19.9. The van der Waals surface area contributed by atoms with Crippen LogP contribution < -0.4 is 5.32 Å². The van der Waals surface area contributed by atoms with Gasteiger partial charge in [-0.05, 0) is 48.6 Å². The molecule has 2 atom stereocenters. The first-order valence-electron chi connectivity index (χ1n) is 8.77. The molecule has 2 nitrogen and oxygen atoms in total. The lowest BCUT2D eigenvalue weighted by Gasteiger charge is -2.24. The van der Waals surface area contributed by atoms with Crippen molar-refractivity contribution in [2.75, 3.05) is 0 Å². The van der Waals surface area contributed by atoms with Gasteiger partial charge in [0.05, 0.1) is 11.3 Å². The highest BCUT2D eigenvalue weighted by Crippen LogP contribution is 2.28. The summed E-state index contributed by atoms with van der Waals surface area (Å²) >= 11 is 7.53. The number of amides is 1. The standard InChI is InChI=1S/C21H26ClNOS/c1-4-20(25-18-12-10-17(22)11-13-18)21(24)23-19(14-15(2)3)16-8-6-5-7-9-16/h5-13,15,19-20H,4,14H2,1-3H3,(H,23,24)/t19-,20+/m1/s1. The van der Waals surface area contributed by atoms with Crippen molar-refractivity contribution in [3.63, 3.8) is 0 Å². The van der Waals surface area contributed by atoms with Gasteiger partial charge in [-0.25, -0.2) is 0 Å². The molecule has 0 aromatic heterocycles. The van der Waals surface area contributed by atoms with E-state index in [0.717, 1.165) is 23.3 Å². The molecular formula is C21H26ClNOS. The molecule has 0 saturated carbocycles. The van der Waals surface area contributed by atoms with E-state index < -0.39 is 0 Å². The van der Waals surface area contributed by atoms with Gasteiger partial charge in [-0.1, -0.05) is 62.7 Å². The van der Waals surface area contributed by atoms with Crippen molar-refractivity contribution >= 4 is 29.3 Å². The van der Waals surface area contributed by atoms with Gasteiger partial charge in [0.25, 0.3) is 0 Å². The lowest BCUT2D eigenvalue weighted by atomic mass is 9.97. The Bertz CT molecular complexity index is 657. The van der Waals surface area contributed by atoms with Gasteiger partial charge in [-0.15, -0.1) is 11.8 Å². The molecule has 1 N–H and O–H groups in total. The van der Waals surface area contributed by atoms with Crippen LogP contribution in [0, 0.1) is 5.92 Å². The average molecular weight is 376 g/mol. The number of carbonyl (C=O) groups excluding carboxylic acids is 1. The van der Waals surface area contributed by atoms with Crippen LogP contribution in [0.3, 0.4) is 0 Å². The molecule has 0 bridgehead atoms. The van der Waals surface area contributed by atoms with Gasteiger partial charge in [0.1, 0.15) is 0 Å². The van der Waals surface area contributed by atoms with E-state index in [2.05, 4.69) is 31.3 Å². The van der Waals surface area contributed by atoms with Crippen molar-refractivity contribution in [2.24, 2.45) is 5.92 Å². The number of hydrogen-bond donors (Lipinski definition) is 1. The maximum Gasteiger partial charge on any atom is 0.233 e. The fourth-order valence-electron chi connectivity index (χ4n) is 2.70. The van der Waals surface area contributed by atoms with E-state index >= 15 is 0 Å². The Kier molecular flexibility index (Phi) is 7.86. The lowest BCUT2D eigenvalue weighted by molar-refractivity contribution is -0.121. The Morgan fingerprint density at radius 2 is 1.72 bits per heavy atom. The maximum atomic E-state index is 12.9. The van der Waals surface area contributed by atoms with Crippen LogP contribution in [0.25, 0.3) is 0 Å². The molecule has 2 rings (SSSR count). The summed E-state index contributed by atoms with van der Waals surface area (Å²) in [5.74, 6) is 0.603. The monoisotopic (exact) mass is 375 g/mol. The fourth-order valence-corrected chi connectivity index (χ4v) is 3.79. The summed E-state index contributed by atoms with van der Waals surface area (Å²) < 4.78 is 0. The van der Waals surface area contributed by atoms with E-state index in [1.807, 2.05) is 49.4 Å². The van der Waals surface area contributed by atoms with Crippen molar-refractivity contribution in [1.82, 2.24) is 5.32 Å².